The fourth-order valence-corrected chi connectivity index (χ4v) is 29.6. The fraction of sp³-hybridized carbons (Fsp3) is 0.776. The van der Waals surface area contributed by atoms with Crippen LogP contribution in [0.5, 0.6) is 0 Å². The summed E-state index contributed by atoms with van der Waals surface area (Å²) in [6.07, 6.45) is 13.2. The zero-order valence-corrected chi connectivity index (χ0v) is 38.7. The third-order valence-corrected chi connectivity index (χ3v) is 29.9. The molecule has 0 bridgehead atoms. The highest BCUT2D eigenvalue weighted by Crippen LogP contribution is 2.93. The van der Waals surface area contributed by atoms with Crippen LogP contribution in [0.25, 0.3) is 0 Å². The molecule has 18 rings (SSSR count). The third kappa shape index (κ3) is 3.51. The average molecular weight is 843 g/mol. The number of carbonyl (C=O) groups excluding carboxylic acids is 1. The molecule has 4 heteroatoms. The maximum Gasteiger partial charge on any atom is 0.339 e. The van der Waals surface area contributed by atoms with Crippen LogP contribution >= 0.6 is 0 Å². The lowest BCUT2D eigenvalue weighted by molar-refractivity contribution is -0.187. The van der Waals surface area contributed by atoms with E-state index in [1.807, 2.05) is 0 Å². The number of benzene rings is 2. The zero-order chi connectivity index (χ0) is 40.3. The molecule has 0 spiro atoms. The summed E-state index contributed by atoms with van der Waals surface area (Å²) in [5.41, 5.74) is 3.01. The van der Waals surface area contributed by atoms with Gasteiger partial charge in [0.1, 0.15) is 14.2 Å². The van der Waals surface area contributed by atoms with Crippen molar-refractivity contribution >= 4 is 19.2 Å². The molecule has 0 saturated heterocycles. The maximum atomic E-state index is 15.2. The van der Waals surface area contributed by atoms with Crippen LogP contribution in [0.1, 0.15) is 72.9 Å². The van der Waals surface area contributed by atoms with Gasteiger partial charge >= 0.3 is 5.97 Å². The van der Waals surface area contributed by atoms with E-state index in [1.165, 1.54) is 30.9 Å². The van der Waals surface area contributed by atoms with Crippen molar-refractivity contribution in [2.24, 2.45) is 178 Å². The van der Waals surface area contributed by atoms with Gasteiger partial charge in [-0.15, -0.1) is 0 Å². The summed E-state index contributed by atoms with van der Waals surface area (Å²) in [5, 5.41) is 1.51. The topological polar surface area (TPSA) is 35.5 Å². The molecule has 0 heterocycles. The molecule has 324 valence electrons. The Kier molecular flexibility index (Phi) is 6.31. The van der Waals surface area contributed by atoms with Gasteiger partial charge in [0.05, 0.1) is 11.7 Å². The van der Waals surface area contributed by atoms with E-state index in [4.69, 9.17) is 9.47 Å². The van der Waals surface area contributed by atoms with Crippen LogP contribution in [0.4, 0.5) is 0 Å². The summed E-state index contributed by atoms with van der Waals surface area (Å²) < 4.78 is 15.5. The van der Waals surface area contributed by atoms with Crippen LogP contribution in [0.3, 0.4) is 0 Å². The van der Waals surface area contributed by atoms with Gasteiger partial charge in [-0.2, -0.15) is 0 Å². The molecule has 2 aromatic carbocycles. The normalized spacial score (nSPS) is 62.8. The SMILES string of the molecule is Cc1cccc(C)c1C(=O)OC1C(OC[Si](C)(C)c2ccccc2)C2C3CCC4C5CCC6C7CCC8C9CCC%10C1C1C2C2C3C4C3C5C6C4C7C8C5C9C%10C1C1C5C4C3C21. The number of ether oxygens (including phenoxy) is 2. The van der Waals surface area contributed by atoms with Gasteiger partial charge in [-0.25, -0.2) is 4.79 Å². The van der Waals surface area contributed by atoms with E-state index in [9.17, 15) is 0 Å². The molecule has 16 fully saturated rings. The van der Waals surface area contributed by atoms with E-state index < -0.39 is 8.07 Å². The number of hydrogen-bond donors (Lipinski definition) is 0. The van der Waals surface area contributed by atoms with Crippen molar-refractivity contribution in [3.63, 3.8) is 0 Å². The molecular weight excluding hydrogens is 773 g/mol. The second kappa shape index (κ2) is 11.1. The van der Waals surface area contributed by atoms with E-state index >= 15 is 4.79 Å². The van der Waals surface area contributed by atoms with Crippen molar-refractivity contribution in [2.75, 3.05) is 6.23 Å². The van der Waals surface area contributed by atoms with Gasteiger partial charge < -0.3 is 9.47 Å². The van der Waals surface area contributed by atoms with Crippen molar-refractivity contribution in [2.45, 2.75) is 90.5 Å². The quantitative estimate of drug-likeness (QED) is 0.215. The zero-order valence-electron chi connectivity index (χ0n) is 37.7. The smallest absolute Gasteiger partial charge is 0.339 e. The number of esters is 1. The lowest BCUT2D eigenvalue weighted by Gasteiger charge is -2.62. The Morgan fingerprint density at radius 2 is 0.774 bits per heavy atom. The highest BCUT2D eigenvalue weighted by molar-refractivity contribution is 6.89. The number of fused-ring (bicyclic) bond motifs is 5. The van der Waals surface area contributed by atoms with Crippen molar-refractivity contribution in [1.82, 2.24) is 0 Å². The van der Waals surface area contributed by atoms with Gasteiger partial charge in [0, 0.05) is 12.1 Å². The van der Waals surface area contributed by atoms with Crippen LogP contribution < -0.4 is 5.19 Å². The molecule has 16 aliphatic rings. The van der Waals surface area contributed by atoms with Gasteiger partial charge in [-0.3, -0.25) is 0 Å². The fourth-order valence-electron chi connectivity index (χ4n) is 27.7. The molecule has 2 aromatic rings. The standard InChI is InChI=1S/C58H70O3Si/c1-22-9-8-10-23(2)33(22)58(59)61-57-43-32-20-18-30-28-16-14-26-25-13-15-27-29-17-19-31-40-38(29)45-36(27)34(25)44-35(26)37(28)46-39(30)41(32)48-50(43)49(47(40)54-52(45)51(44)53(46)55(48)54)42(31)56(57)60-21-62(3,4)24-11-6-5-7-12-24/h5-12,25-32,34-57H,13-21H2,1-4H3. The highest BCUT2D eigenvalue weighted by atomic mass is 28.3. The van der Waals surface area contributed by atoms with E-state index in [-0.39, 0.29) is 18.2 Å². The molecule has 16 aliphatic carbocycles. The van der Waals surface area contributed by atoms with Crippen LogP contribution in [0, 0.1) is 191 Å². The second-order valence-corrected chi connectivity index (χ2v) is 32.1. The monoisotopic (exact) mass is 843 g/mol. The molecule has 0 aliphatic heterocycles. The van der Waals surface area contributed by atoms with Gasteiger partial charge in [0.2, 0.25) is 0 Å². The summed E-state index contributed by atoms with van der Waals surface area (Å²) in [6, 6.07) is 17.9. The number of carbonyl (C=O) groups is 1. The summed E-state index contributed by atoms with van der Waals surface area (Å²) >= 11 is 0. The third-order valence-electron chi connectivity index (χ3n) is 27.1. The largest absolute Gasteiger partial charge is 0.456 e. The molecule has 32 unspecified atom stereocenters. The van der Waals surface area contributed by atoms with E-state index in [1.54, 1.807) is 25.7 Å². The molecule has 3 nitrogen and oxygen atoms in total. The molecule has 16 saturated carbocycles. The Morgan fingerprint density at radius 1 is 0.435 bits per heavy atom. The van der Waals surface area contributed by atoms with Crippen molar-refractivity contribution in [3.8, 4) is 0 Å². The minimum Gasteiger partial charge on any atom is -0.456 e. The Balaban J connectivity index is 0.874. The first-order valence-electron chi connectivity index (χ1n) is 27.3. The predicted octanol–water partition coefficient (Wildman–Crippen LogP) is 10.2. The lowest BCUT2D eigenvalue weighted by Crippen LogP contribution is -2.62. The molecule has 32 atom stereocenters. The van der Waals surface area contributed by atoms with E-state index in [2.05, 4.69) is 75.5 Å². The van der Waals surface area contributed by atoms with Gasteiger partial charge in [-0.05, 0) is 248 Å². The Morgan fingerprint density at radius 3 is 1.21 bits per heavy atom. The summed E-state index contributed by atoms with van der Waals surface area (Å²) in [4.78, 5) is 15.2. The van der Waals surface area contributed by atoms with Gasteiger partial charge in [0.15, 0.2) is 0 Å². The summed E-state index contributed by atoms with van der Waals surface area (Å²) in [6.45, 7) is 9.42. The molecule has 0 N–H and O–H groups in total. The Bertz CT molecular complexity index is 2340. The lowest BCUT2D eigenvalue weighted by atomic mass is 9.43. The summed E-state index contributed by atoms with van der Waals surface area (Å²) in [7, 11) is -1.94. The number of hydrogen-bond acceptors (Lipinski definition) is 3. The first-order valence-corrected chi connectivity index (χ1v) is 30.5. The van der Waals surface area contributed by atoms with Crippen LogP contribution in [-0.2, 0) is 9.47 Å². The van der Waals surface area contributed by atoms with Crippen LogP contribution in [-0.4, -0.2) is 32.5 Å². The minimum absolute atomic E-state index is 0.0241. The van der Waals surface area contributed by atoms with Crippen molar-refractivity contribution in [1.29, 1.82) is 0 Å². The molecule has 0 aromatic heterocycles. The van der Waals surface area contributed by atoms with Gasteiger partial charge in [0.25, 0.3) is 0 Å². The van der Waals surface area contributed by atoms with E-state index in [0.717, 1.165) is 189 Å². The molecule has 0 radical (unpaired) electrons. The summed E-state index contributed by atoms with van der Waals surface area (Å²) in [5.74, 6) is 29.4. The molecule has 0 amide bonds. The first-order chi connectivity index (χ1) is 30.3. The van der Waals surface area contributed by atoms with Crippen LogP contribution in [0.15, 0.2) is 48.5 Å². The average Bonchev–Trinajstić information content (AvgIpc) is 4.11. The number of rotatable bonds is 6. The maximum absolute atomic E-state index is 15.2. The molecular formula is C58H70O3Si. The van der Waals surface area contributed by atoms with Crippen molar-refractivity contribution < 1.29 is 14.3 Å². The van der Waals surface area contributed by atoms with Gasteiger partial charge in [-0.1, -0.05) is 66.8 Å². The Labute approximate surface area is 371 Å². The van der Waals surface area contributed by atoms with E-state index in [0.29, 0.717) is 11.8 Å². The molecule has 62 heavy (non-hydrogen) atoms. The second-order valence-electron chi connectivity index (χ2n) is 27.5. The highest BCUT2D eigenvalue weighted by Gasteiger charge is 2.89. The Hall–Kier alpha value is -1.91. The van der Waals surface area contributed by atoms with Crippen LogP contribution in [0.2, 0.25) is 13.1 Å². The van der Waals surface area contributed by atoms with Crippen molar-refractivity contribution in [3.05, 3.63) is 65.2 Å². The first kappa shape index (κ1) is 35.3. The minimum atomic E-state index is -1.94. The predicted molar refractivity (Wildman–Crippen MR) is 240 cm³/mol. The number of aryl methyl sites for hydroxylation is 2.